The zero-order valence-electron chi connectivity index (χ0n) is 10.3. The van der Waals surface area contributed by atoms with Gasteiger partial charge in [0.1, 0.15) is 5.82 Å². The monoisotopic (exact) mass is 237 g/mol. The van der Waals surface area contributed by atoms with Crippen LogP contribution in [0.4, 0.5) is 4.39 Å². The zero-order valence-corrected chi connectivity index (χ0v) is 10.3. The number of aromatic nitrogens is 1. The maximum atomic E-state index is 13.0. The van der Waals surface area contributed by atoms with Crippen LogP contribution in [0.5, 0.6) is 0 Å². The molecule has 0 amide bonds. The van der Waals surface area contributed by atoms with Crippen LogP contribution in [-0.4, -0.2) is 10.1 Å². The predicted octanol–water partition coefficient (Wildman–Crippen LogP) is 3.47. The standard InChI is InChI=1S/C14H20FNO/c1-2-10-3-5-11(6-4-10)14(17)12-7-13(15)9-16-8-12/h7-11,14,17H,2-6H2,1H3. The summed E-state index contributed by atoms with van der Waals surface area (Å²) in [5.41, 5.74) is 0.616. The lowest BCUT2D eigenvalue weighted by atomic mass is 9.77. The highest BCUT2D eigenvalue weighted by atomic mass is 19.1. The van der Waals surface area contributed by atoms with Crippen LogP contribution in [-0.2, 0) is 0 Å². The molecule has 1 aromatic rings. The molecule has 0 bridgehead atoms. The van der Waals surface area contributed by atoms with E-state index in [1.165, 1.54) is 31.5 Å². The lowest BCUT2D eigenvalue weighted by Gasteiger charge is -2.31. The SMILES string of the molecule is CCC1CCC(C(O)c2cncc(F)c2)CC1. The quantitative estimate of drug-likeness (QED) is 0.873. The minimum Gasteiger partial charge on any atom is -0.388 e. The summed E-state index contributed by atoms with van der Waals surface area (Å²) in [5, 5.41) is 10.2. The Morgan fingerprint density at radius 3 is 2.65 bits per heavy atom. The van der Waals surface area contributed by atoms with Gasteiger partial charge in [0.15, 0.2) is 0 Å². The molecule has 0 radical (unpaired) electrons. The number of aliphatic hydroxyl groups is 1. The first-order chi connectivity index (χ1) is 8.20. The summed E-state index contributed by atoms with van der Waals surface area (Å²) in [6.07, 6.45) is 7.85. The van der Waals surface area contributed by atoms with Crippen LogP contribution in [0.15, 0.2) is 18.5 Å². The molecule has 1 heterocycles. The normalized spacial score (nSPS) is 26.8. The van der Waals surface area contributed by atoms with Gasteiger partial charge in [-0.3, -0.25) is 4.98 Å². The lowest BCUT2D eigenvalue weighted by molar-refractivity contribution is 0.0724. The van der Waals surface area contributed by atoms with Gasteiger partial charge in [-0.05, 0) is 30.7 Å². The second kappa shape index (κ2) is 5.58. The first-order valence-corrected chi connectivity index (χ1v) is 6.49. The van der Waals surface area contributed by atoms with Gasteiger partial charge in [-0.1, -0.05) is 26.2 Å². The van der Waals surface area contributed by atoms with Gasteiger partial charge in [0.25, 0.3) is 0 Å². The summed E-state index contributed by atoms with van der Waals surface area (Å²) in [5.74, 6) is 0.703. The van der Waals surface area contributed by atoms with Gasteiger partial charge in [-0.15, -0.1) is 0 Å². The molecule has 94 valence electrons. The van der Waals surface area contributed by atoms with Crippen molar-refractivity contribution >= 4 is 0 Å². The third-order valence-corrected chi connectivity index (χ3v) is 3.98. The summed E-state index contributed by atoms with van der Waals surface area (Å²) in [6, 6.07) is 1.39. The Balaban J connectivity index is 1.99. The molecule has 2 nitrogen and oxygen atoms in total. The van der Waals surface area contributed by atoms with E-state index in [0.29, 0.717) is 5.56 Å². The molecule has 1 unspecified atom stereocenters. The Bertz CT molecular complexity index is 361. The van der Waals surface area contributed by atoms with Crippen LogP contribution >= 0.6 is 0 Å². The fourth-order valence-corrected chi connectivity index (χ4v) is 2.77. The van der Waals surface area contributed by atoms with Crippen molar-refractivity contribution in [3.63, 3.8) is 0 Å². The molecule has 3 heteroatoms. The first kappa shape index (κ1) is 12.5. The van der Waals surface area contributed by atoms with Crippen molar-refractivity contribution < 1.29 is 9.50 Å². The van der Waals surface area contributed by atoms with E-state index in [9.17, 15) is 9.50 Å². The lowest BCUT2D eigenvalue weighted by Crippen LogP contribution is -2.20. The largest absolute Gasteiger partial charge is 0.388 e. The second-order valence-electron chi connectivity index (χ2n) is 5.07. The highest BCUT2D eigenvalue weighted by molar-refractivity contribution is 5.14. The molecule has 0 spiro atoms. The molecule has 1 aliphatic rings. The molecule has 0 saturated heterocycles. The highest BCUT2D eigenvalue weighted by Crippen LogP contribution is 2.37. The minimum absolute atomic E-state index is 0.265. The average molecular weight is 237 g/mol. The van der Waals surface area contributed by atoms with Gasteiger partial charge in [-0.2, -0.15) is 0 Å². The average Bonchev–Trinajstić information content (AvgIpc) is 2.38. The van der Waals surface area contributed by atoms with Crippen LogP contribution in [0.3, 0.4) is 0 Å². The van der Waals surface area contributed by atoms with Crippen molar-refractivity contribution in [3.05, 3.63) is 29.8 Å². The van der Waals surface area contributed by atoms with E-state index in [0.717, 1.165) is 18.8 Å². The van der Waals surface area contributed by atoms with Crippen molar-refractivity contribution in [2.75, 3.05) is 0 Å². The molecule has 0 aromatic carbocycles. The maximum absolute atomic E-state index is 13.0. The van der Waals surface area contributed by atoms with Gasteiger partial charge < -0.3 is 5.11 Å². The fourth-order valence-electron chi connectivity index (χ4n) is 2.77. The van der Waals surface area contributed by atoms with E-state index >= 15 is 0 Å². The topological polar surface area (TPSA) is 33.1 Å². The van der Waals surface area contributed by atoms with Crippen molar-refractivity contribution in [1.82, 2.24) is 4.98 Å². The first-order valence-electron chi connectivity index (χ1n) is 6.49. The Morgan fingerprint density at radius 2 is 2.06 bits per heavy atom. The minimum atomic E-state index is -0.559. The summed E-state index contributed by atoms with van der Waals surface area (Å²) in [7, 11) is 0. The third-order valence-electron chi connectivity index (χ3n) is 3.98. The Kier molecular flexibility index (Phi) is 4.11. The number of hydrogen-bond donors (Lipinski definition) is 1. The van der Waals surface area contributed by atoms with Gasteiger partial charge in [0, 0.05) is 11.8 Å². The molecule has 1 fully saturated rings. The Labute approximate surface area is 102 Å². The van der Waals surface area contributed by atoms with Gasteiger partial charge in [0.05, 0.1) is 12.3 Å². The molecular weight excluding hydrogens is 217 g/mol. The number of rotatable bonds is 3. The van der Waals surface area contributed by atoms with Crippen LogP contribution in [0.1, 0.15) is 50.7 Å². The van der Waals surface area contributed by atoms with E-state index in [2.05, 4.69) is 11.9 Å². The highest BCUT2D eigenvalue weighted by Gasteiger charge is 2.26. The number of halogens is 1. The van der Waals surface area contributed by atoms with Crippen LogP contribution in [0.2, 0.25) is 0 Å². The van der Waals surface area contributed by atoms with Crippen molar-refractivity contribution in [2.24, 2.45) is 11.8 Å². The summed E-state index contributed by atoms with van der Waals surface area (Å²) in [6.45, 7) is 2.22. The van der Waals surface area contributed by atoms with Crippen molar-refractivity contribution in [2.45, 2.75) is 45.1 Å². The summed E-state index contributed by atoms with van der Waals surface area (Å²) >= 11 is 0. The number of nitrogens with zero attached hydrogens (tertiary/aromatic N) is 1. The number of pyridine rings is 1. The van der Waals surface area contributed by atoms with Crippen molar-refractivity contribution in [1.29, 1.82) is 0 Å². The number of aliphatic hydroxyl groups excluding tert-OH is 1. The van der Waals surface area contributed by atoms with Gasteiger partial charge in [0.2, 0.25) is 0 Å². The van der Waals surface area contributed by atoms with E-state index < -0.39 is 6.10 Å². The van der Waals surface area contributed by atoms with Gasteiger partial charge >= 0.3 is 0 Å². The summed E-state index contributed by atoms with van der Waals surface area (Å²) in [4.78, 5) is 3.80. The van der Waals surface area contributed by atoms with Gasteiger partial charge in [-0.25, -0.2) is 4.39 Å². The molecule has 17 heavy (non-hydrogen) atoms. The van der Waals surface area contributed by atoms with E-state index in [4.69, 9.17) is 0 Å². The molecule has 1 aliphatic carbocycles. The van der Waals surface area contributed by atoms with E-state index in [1.807, 2.05) is 0 Å². The smallest absolute Gasteiger partial charge is 0.141 e. The Morgan fingerprint density at radius 1 is 1.35 bits per heavy atom. The number of hydrogen-bond acceptors (Lipinski definition) is 2. The van der Waals surface area contributed by atoms with Crippen molar-refractivity contribution in [3.8, 4) is 0 Å². The Hall–Kier alpha value is -0.960. The zero-order chi connectivity index (χ0) is 12.3. The van der Waals surface area contributed by atoms with Crippen LogP contribution in [0, 0.1) is 17.7 Å². The molecular formula is C14H20FNO. The molecule has 1 aromatic heterocycles. The predicted molar refractivity (Wildman–Crippen MR) is 64.9 cm³/mol. The van der Waals surface area contributed by atoms with Crippen LogP contribution in [0.25, 0.3) is 0 Å². The molecule has 1 saturated carbocycles. The second-order valence-corrected chi connectivity index (χ2v) is 5.07. The summed E-state index contributed by atoms with van der Waals surface area (Å²) < 4.78 is 13.0. The molecule has 1 atom stereocenters. The van der Waals surface area contributed by atoms with Crippen LogP contribution < -0.4 is 0 Å². The van der Waals surface area contributed by atoms with E-state index in [-0.39, 0.29) is 11.7 Å². The maximum Gasteiger partial charge on any atom is 0.141 e. The molecule has 0 aliphatic heterocycles. The molecule has 2 rings (SSSR count). The van der Waals surface area contributed by atoms with E-state index in [1.54, 1.807) is 6.20 Å². The third kappa shape index (κ3) is 3.03. The molecule has 1 N–H and O–H groups in total. The fraction of sp³-hybridized carbons (Fsp3) is 0.643.